The molecule has 3 heterocycles. The zero-order chi connectivity index (χ0) is 29.4. The van der Waals surface area contributed by atoms with Gasteiger partial charge in [0.05, 0.1) is 11.6 Å². The SMILES string of the molecule is CCCCCC(=O)c1ccc(C(=O)O)c(C2=c3cc4c(cc3Oc3cc5c(cc32)CCCN5CC)=[N+](CC)CCC4)c1. The molecule has 0 saturated heterocycles. The average molecular weight is 566 g/mol. The Bertz CT molecular complexity index is 1700. The van der Waals surface area contributed by atoms with Crippen LogP contribution in [-0.4, -0.2) is 43.0 Å². The fourth-order valence-electron chi connectivity index (χ4n) is 6.94. The van der Waals surface area contributed by atoms with Gasteiger partial charge in [0.2, 0.25) is 5.36 Å². The molecule has 3 aromatic carbocycles. The number of unbranched alkanes of at least 4 members (excludes halogenated alkanes) is 2. The monoisotopic (exact) mass is 565 g/mol. The van der Waals surface area contributed by atoms with Crippen molar-refractivity contribution in [2.75, 3.05) is 31.1 Å². The van der Waals surface area contributed by atoms with Crippen molar-refractivity contribution in [3.8, 4) is 11.5 Å². The van der Waals surface area contributed by atoms with E-state index in [4.69, 9.17) is 4.74 Å². The van der Waals surface area contributed by atoms with Crippen LogP contribution in [0.5, 0.6) is 11.5 Å². The van der Waals surface area contributed by atoms with Gasteiger partial charge in [-0.15, -0.1) is 0 Å². The highest BCUT2D eigenvalue weighted by Crippen LogP contribution is 2.42. The molecular formula is C36H41N2O4+. The van der Waals surface area contributed by atoms with Crippen molar-refractivity contribution in [2.24, 2.45) is 0 Å². The number of aryl methyl sites for hydroxylation is 2. The molecule has 0 unspecified atom stereocenters. The molecule has 0 amide bonds. The van der Waals surface area contributed by atoms with E-state index in [9.17, 15) is 14.7 Å². The lowest BCUT2D eigenvalue weighted by atomic mass is 9.85. The van der Waals surface area contributed by atoms with Crippen molar-refractivity contribution >= 4 is 23.0 Å². The molecule has 3 aliphatic heterocycles. The van der Waals surface area contributed by atoms with Gasteiger partial charge in [0, 0.05) is 65.2 Å². The van der Waals surface area contributed by atoms with Crippen LogP contribution >= 0.6 is 0 Å². The number of benzene rings is 3. The van der Waals surface area contributed by atoms with E-state index in [0.717, 1.165) is 99.0 Å². The summed E-state index contributed by atoms with van der Waals surface area (Å²) in [6.07, 6.45) is 7.44. The van der Waals surface area contributed by atoms with Crippen molar-refractivity contribution < 1.29 is 19.4 Å². The van der Waals surface area contributed by atoms with Gasteiger partial charge in [-0.3, -0.25) is 4.79 Å². The summed E-state index contributed by atoms with van der Waals surface area (Å²) >= 11 is 0. The summed E-state index contributed by atoms with van der Waals surface area (Å²) in [4.78, 5) is 28.3. The van der Waals surface area contributed by atoms with Crippen molar-refractivity contribution in [3.05, 3.63) is 86.4 Å². The van der Waals surface area contributed by atoms with Crippen LogP contribution in [0, 0.1) is 0 Å². The van der Waals surface area contributed by atoms with Gasteiger partial charge in [0.25, 0.3) is 0 Å². The Kier molecular flexibility index (Phi) is 7.89. The highest BCUT2D eigenvalue weighted by atomic mass is 16.5. The molecule has 0 fully saturated rings. The number of carboxylic acids is 1. The molecule has 0 saturated carbocycles. The van der Waals surface area contributed by atoms with Crippen LogP contribution in [0.4, 0.5) is 5.69 Å². The third-order valence-electron chi connectivity index (χ3n) is 9.16. The van der Waals surface area contributed by atoms with Crippen molar-refractivity contribution in [1.29, 1.82) is 0 Å². The molecule has 0 spiro atoms. The van der Waals surface area contributed by atoms with Gasteiger partial charge in [-0.05, 0) is 74.9 Å². The Balaban J connectivity index is 1.65. The topological polar surface area (TPSA) is 69.9 Å². The molecule has 0 atom stereocenters. The maximum atomic E-state index is 13.3. The molecular weight excluding hydrogens is 524 g/mol. The number of anilines is 1. The van der Waals surface area contributed by atoms with Crippen LogP contribution in [0.1, 0.15) is 102 Å². The van der Waals surface area contributed by atoms with Crippen LogP contribution in [0.3, 0.4) is 0 Å². The van der Waals surface area contributed by atoms with Gasteiger partial charge in [-0.2, -0.15) is 0 Å². The fourth-order valence-corrected chi connectivity index (χ4v) is 6.94. The van der Waals surface area contributed by atoms with Gasteiger partial charge < -0.3 is 14.7 Å². The smallest absolute Gasteiger partial charge is 0.336 e. The van der Waals surface area contributed by atoms with Crippen molar-refractivity contribution in [3.63, 3.8) is 0 Å². The predicted molar refractivity (Wildman–Crippen MR) is 167 cm³/mol. The summed E-state index contributed by atoms with van der Waals surface area (Å²) < 4.78 is 9.09. The van der Waals surface area contributed by atoms with Crippen LogP contribution in [-0.2, 0) is 12.8 Å². The van der Waals surface area contributed by atoms with Crippen LogP contribution < -0.4 is 24.8 Å². The number of fused-ring (bicyclic) bond motifs is 4. The summed E-state index contributed by atoms with van der Waals surface area (Å²) in [5.41, 5.74) is 6.81. The largest absolute Gasteiger partial charge is 0.478 e. The lowest BCUT2D eigenvalue weighted by Crippen LogP contribution is -2.39. The van der Waals surface area contributed by atoms with E-state index in [-0.39, 0.29) is 11.3 Å². The first-order valence-electron chi connectivity index (χ1n) is 15.7. The van der Waals surface area contributed by atoms with Gasteiger partial charge in [-0.25, -0.2) is 9.37 Å². The first kappa shape index (κ1) is 28.2. The molecule has 218 valence electrons. The molecule has 3 aromatic rings. The van der Waals surface area contributed by atoms with E-state index in [1.165, 1.54) is 22.2 Å². The molecule has 0 bridgehead atoms. The second-order valence-corrected chi connectivity index (χ2v) is 11.7. The Labute approximate surface area is 248 Å². The number of hydrogen-bond donors (Lipinski definition) is 1. The highest BCUT2D eigenvalue weighted by molar-refractivity contribution is 6.03. The quantitative estimate of drug-likeness (QED) is 0.159. The molecule has 6 rings (SSSR count). The van der Waals surface area contributed by atoms with E-state index < -0.39 is 5.97 Å². The normalized spacial score (nSPS) is 15.4. The molecule has 0 aromatic heterocycles. The summed E-state index contributed by atoms with van der Waals surface area (Å²) in [7, 11) is 0. The Morgan fingerprint density at radius 3 is 2.52 bits per heavy atom. The lowest BCUT2D eigenvalue weighted by molar-refractivity contribution is 0.0696. The minimum Gasteiger partial charge on any atom is -0.478 e. The van der Waals surface area contributed by atoms with E-state index >= 15 is 0 Å². The van der Waals surface area contributed by atoms with E-state index in [1.807, 2.05) is 6.07 Å². The molecule has 0 radical (unpaired) electrons. The maximum absolute atomic E-state index is 13.3. The second-order valence-electron chi connectivity index (χ2n) is 11.7. The number of carboxylic acid groups (broad SMARTS) is 1. The first-order chi connectivity index (χ1) is 20.4. The number of nitrogens with zero attached hydrogens (tertiary/aromatic N) is 2. The molecule has 0 aliphatic carbocycles. The number of Topliss-reactive ketones (excluding diaryl/α,β-unsaturated/α-hetero) is 1. The minimum absolute atomic E-state index is 0.0582. The highest BCUT2D eigenvalue weighted by Gasteiger charge is 2.29. The van der Waals surface area contributed by atoms with Crippen molar-refractivity contribution in [1.82, 2.24) is 4.58 Å². The standard InChI is InChI=1S/C36H40N2O4/c1-4-7-8-13-32(39)25-14-15-26(36(40)41)27(20-25)35-28-18-23-11-9-16-37(5-2)30(23)21-33(28)42-34-22-31-24(19-29(34)35)12-10-17-38(31)6-3/h14-15,18-22H,4-13,16-17H2,1-3H3/p+1. The van der Waals surface area contributed by atoms with Crippen molar-refractivity contribution in [2.45, 2.75) is 72.1 Å². The summed E-state index contributed by atoms with van der Waals surface area (Å²) in [6, 6.07) is 13.8. The molecule has 6 nitrogen and oxygen atoms in total. The number of aromatic carboxylic acids is 1. The van der Waals surface area contributed by atoms with E-state index in [1.54, 1.807) is 12.1 Å². The fraction of sp³-hybridized carbons (Fsp3) is 0.417. The zero-order valence-corrected chi connectivity index (χ0v) is 25.1. The number of hydrogen-bond acceptors (Lipinski definition) is 4. The lowest BCUT2D eigenvalue weighted by Gasteiger charge is -2.32. The second kappa shape index (κ2) is 11.7. The minimum atomic E-state index is -0.998. The molecule has 3 aliphatic rings. The first-order valence-corrected chi connectivity index (χ1v) is 15.7. The third kappa shape index (κ3) is 5.01. The van der Waals surface area contributed by atoms with E-state index in [0.29, 0.717) is 17.5 Å². The molecule has 42 heavy (non-hydrogen) atoms. The summed E-state index contributed by atoms with van der Waals surface area (Å²) in [6.45, 7) is 10.3. The third-order valence-corrected chi connectivity index (χ3v) is 9.16. The predicted octanol–water partition coefficient (Wildman–Crippen LogP) is 5.73. The summed E-state index contributed by atoms with van der Waals surface area (Å²) in [5.74, 6) is 0.544. The number of carbonyl (C=O) groups excluding carboxylic acids is 1. The van der Waals surface area contributed by atoms with Gasteiger partial charge >= 0.3 is 5.97 Å². The number of carbonyl (C=O) groups is 2. The van der Waals surface area contributed by atoms with Crippen LogP contribution in [0.25, 0.3) is 5.57 Å². The average Bonchev–Trinajstić information content (AvgIpc) is 3.00. The molecule has 1 N–H and O–H groups in total. The molecule has 6 heteroatoms. The number of ether oxygens (including phenoxy) is 1. The summed E-state index contributed by atoms with van der Waals surface area (Å²) in [5, 5.41) is 12.5. The number of rotatable bonds is 9. The van der Waals surface area contributed by atoms with Crippen LogP contribution in [0.15, 0.2) is 42.5 Å². The van der Waals surface area contributed by atoms with Gasteiger partial charge in [0.1, 0.15) is 24.6 Å². The van der Waals surface area contributed by atoms with Gasteiger partial charge in [-0.1, -0.05) is 25.8 Å². The Morgan fingerprint density at radius 2 is 1.76 bits per heavy atom. The Hall–Kier alpha value is -3.93. The van der Waals surface area contributed by atoms with Crippen LogP contribution in [0.2, 0.25) is 0 Å². The zero-order valence-electron chi connectivity index (χ0n) is 25.1. The Morgan fingerprint density at radius 1 is 0.929 bits per heavy atom. The maximum Gasteiger partial charge on any atom is 0.336 e. The van der Waals surface area contributed by atoms with E-state index in [2.05, 4.69) is 54.5 Å². The van der Waals surface area contributed by atoms with Gasteiger partial charge in [0.15, 0.2) is 5.78 Å². The number of ketones is 1.